The van der Waals surface area contributed by atoms with Gasteiger partial charge in [-0.15, -0.1) is 0 Å². The minimum Gasteiger partial charge on any atom is -0.337 e. The molecule has 0 fully saturated rings. The number of halogens is 2. The fraction of sp³-hybridized carbons (Fsp3) is 0. The van der Waals surface area contributed by atoms with E-state index in [1.165, 1.54) is 0 Å². The average Bonchev–Trinajstić information content (AvgIpc) is 3.24. The van der Waals surface area contributed by atoms with Crippen LogP contribution in [0.1, 0.15) is 21.7 Å². The number of hydrogen-bond acceptors (Lipinski definition) is 3. The standard InChI is InChI=1S/C25H16Cl2N4O/c26-18-10-11-19-16(13-18)12-17(23(27)28-19)14-22(31-25(32)15-6-2-1-3-7-15)24-29-20-8-4-5-9-21(20)30-24/h1-14H,(H,29,30)(H,31,32)/b22-14+. The molecule has 156 valence electrons. The molecule has 0 aliphatic carbocycles. The molecule has 5 aromatic rings. The zero-order chi connectivity index (χ0) is 22.1. The first-order valence-electron chi connectivity index (χ1n) is 9.86. The number of pyridine rings is 1. The maximum absolute atomic E-state index is 12.9. The number of aromatic nitrogens is 3. The Bertz CT molecular complexity index is 1460. The van der Waals surface area contributed by atoms with Crippen LogP contribution >= 0.6 is 23.2 Å². The summed E-state index contributed by atoms with van der Waals surface area (Å²) in [7, 11) is 0. The Hall–Kier alpha value is -3.67. The summed E-state index contributed by atoms with van der Waals surface area (Å²) in [6, 6.07) is 23.9. The molecule has 0 unspecified atom stereocenters. The molecule has 5 rings (SSSR count). The second-order valence-electron chi connectivity index (χ2n) is 7.19. The number of nitrogens with zero attached hydrogens (tertiary/aromatic N) is 2. The molecule has 1 amide bonds. The number of rotatable bonds is 4. The number of fused-ring (bicyclic) bond motifs is 2. The van der Waals surface area contributed by atoms with E-state index in [1.54, 1.807) is 24.3 Å². The summed E-state index contributed by atoms with van der Waals surface area (Å²) in [5.41, 5.74) is 4.01. The fourth-order valence-electron chi connectivity index (χ4n) is 3.42. The van der Waals surface area contributed by atoms with Crippen molar-refractivity contribution in [1.29, 1.82) is 0 Å². The Labute approximate surface area is 193 Å². The smallest absolute Gasteiger partial charge is 0.255 e. The van der Waals surface area contributed by atoms with Crippen molar-refractivity contribution < 1.29 is 4.79 Å². The van der Waals surface area contributed by atoms with Crippen LogP contribution in [-0.2, 0) is 0 Å². The number of carbonyl (C=O) groups is 1. The van der Waals surface area contributed by atoms with Gasteiger partial charge in [-0.05, 0) is 54.6 Å². The highest BCUT2D eigenvalue weighted by molar-refractivity contribution is 6.32. The van der Waals surface area contributed by atoms with Crippen molar-refractivity contribution in [3.63, 3.8) is 0 Å². The van der Waals surface area contributed by atoms with Gasteiger partial charge in [0.15, 0.2) is 5.82 Å². The van der Waals surface area contributed by atoms with Crippen LogP contribution < -0.4 is 5.32 Å². The van der Waals surface area contributed by atoms with Crippen LogP contribution in [0.3, 0.4) is 0 Å². The third-order valence-corrected chi connectivity index (χ3v) is 5.52. The van der Waals surface area contributed by atoms with Gasteiger partial charge in [0.2, 0.25) is 0 Å². The zero-order valence-electron chi connectivity index (χ0n) is 16.6. The van der Waals surface area contributed by atoms with Crippen LogP contribution in [0.15, 0.2) is 78.9 Å². The van der Waals surface area contributed by atoms with Gasteiger partial charge in [0.1, 0.15) is 5.15 Å². The summed E-state index contributed by atoms with van der Waals surface area (Å²) >= 11 is 12.6. The van der Waals surface area contributed by atoms with Crippen LogP contribution in [0.2, 0.25) is 10.2 Å². The monoisotopic (exact) mass is 458 g/mol. The number of H-pyrrole nitrogens is 1. The molecule has 5 nitrogen and oxygen atoms in total. The fourth-order valence-corrected chi connectivity index (χ4v) is 3.81. The molecular weight excluding hydrogens is 443 g/mol. The first kappa shape index (κ1) is 20.2. The van der Waals surface area contributed by atoms with E-state index < -0.39 is 0 Å². The third-order valence-electron chi connectivity index (χ3n) is 4.99. The van der Waals surface area contributed by atoms with E-state index in [0.717, 1.165) is 21.9 Å². The van der Waals surface area contributed by atoms with Crippen molar-refractivity contribution in [1.82, 2.24) is 20.3 Å². The second kappa shape index (κ2) is 8.46. The number of benzene rings is 3. The number of para-hydroxylation sites is 2. The van der Waals surface area contributed by atoms with Gasteiger partial charge < -0.3 is 10.3 Å². The first-order chi connectivity index (χ1) is 15.6. The van der Waals surface area contributed by atoms with Crippen LogP contribution in [0.5, 0.6) is 0 Å². The topological polar surface area (TPSA) is 70.7 Å². The van der Waals surface area contributed by atoms with Crippen LogP contribution in [0, 0.1) is 0 Å². The number of aromatic amines is 1. The van der Waals surface area contributed by atoms with Crippen molar-refractivity contribution in [2.24, 2.45) is 0 Å². The van der Waals surface area contributed by atoms with Gasteiger partial charge in [-0.2, -0.15) is 0 Å². The number of hydrogen-bond donors (Lipinski definition) is 2. The highest BCUT2D eigenvalue weighted by Crippen LogP contribution is 2.27. The van der Waals surface area contributed by atoms with Gasteiger partial charge in [0.05, 0.1) is 22.2 Å². The molecule has 0 saturated carbocycles. The summed E-state index contributed by atoms with van der Waals surface area (Å²) in [6.07, 6.45) is 1.76. The maximum atomic E-state index is 12.9. The quantitative estimate of drug-likeness (QED) is 0.308. The molecule has 0 bridgehead atoms. The third kappa shape index (κ3) is 4.08. The summed E-state index contributed by atoms with van der Waals surface area (Å²) < 4.78 is 0. The molecule has 2 aromatic heterocycles. The normalized spacial score (nSPS) is 11.8. The van der Waals surface area contributed by atoms with Crippen LogP contribution in [0.4, 0.5) is 0 Å². The molecule has 0 aliphatic heterocycles. The van der Waals surface area contributed by atoms with E-state index in [9.17, 15) is 4.79 Å². The van der Waals surface area contributed by atoms with E-state index >= 15 is 0 Å². The SMILES string of the molecule is O=C(N/C(=C/c1cc2cc(Cl)ccc2nc1Cl)c1nc2ccccc2[nH]1)c1ccccc1. The van der Waals surface area contributed by atoms with E-state index in [4.69, 9.17) is 23.2 Å². The maximum Gasteiger partial charge on any atom is 0.255 e. The van der Waals surface area contributed by atoms with E-state index in [1.807, 2.05) is 60.7 Å². The molecule has 0 atom stereocenters. The molecule has 32 heavy (non-hydrogen) atoms. The summed E-state index contributed by atoms with van der Waals surface area (Å²) in [5.74, 6) is 0.253. The molecule has 0 aliphatic rings. The molecule has 2 heterocycles. The molecule has 3 aromatic carbocycles. The van der Waals surface area contributed by atoms with Gasteiger partial charge in [0, 0.05) is 21.5 Å². The zero-order valence-corrected chi connectivity index (χ0v) is 18.2. The number of nitrogens with one attached hydrogen (secondary N) is 2. The molecule has 0 spiro atoms. The van der Waals surface area contributed by atoms with E-state index in [0.29, 0.717) is 32.8 Å². The van der Waals surface area contributed by atoms with Gasteiger partial charge in [0.25, 0.3) is 5.91 Å². The van der Waals surface area contributed by atoms with Gasteiger partial charge >= 0.3 is 0 Å². The summed E-state index contributed by atoms with van der Waals surface area (Å²) in [5, 5.41) is 4.71. The van der Waals surface area contributed by atoms with Gasteiger partial charge in [-0.3, -0.25) is 4.79 Å². The molecule has 0 saturated heterocycles. The van der Waals surface area contributed by atoms with Crippen molar-refractivity contribution in [2.45, 2.75) is 0 Å². The Morgan fingerprint density at radius 1 is 0.875 bits per heavy atom. The first-order valence-corrected chi connectivity index (χ1v) is 10.6. The highest BCUT2D eigenvalue weighted by Gasteiger charge is 2.15. The largest absolute Gasteiger partial charge is 0.337 e. The lowest BCUT2D eigenvalue weighted by molar-refractivity contribution is 0.0973. The van der Waals surface area contributed by atoms with E-state index in [2.05, 4.69) is 20.3 Å². The van der Waals surface area contributed by atoms with Gasteiger partial charge in [-0.25, -0.2) is 9.97 Å². The lowest BCUT2D eigenvalue weighted by Crippen LogP contribution is -2.22. The van der Waals surface area contributed by atoms with Crippen molar-refractivity contribution >= 4 is 62.8 Å². The Kier molecular flexibility index (Phi) is 5.35. The number of carbonyl (C=O) groups excluding carboxylic acids is 1. The van der Waals surface area contributed by atoms with Crippen molar-refractivity contribution in [3.05, 3.63) is 106 Å². The average molecular weight is 459 g/mol. The highest BCUT2D eigenvalue weighted by atomic mass is 35.5. The Balaban J connectivity index is 1.63. The lowest BCUT2D eigenvalue weighted by Gasteiger charge is -2.10. The number of imidazole rings is 1. The van der Waals surface area contributed by atoms with E-state index in [-0.39, 0.29) is 5.91 Å². The predicted octanol–water partition coefficient (Wildman–Crippen LogP) is 6.35. The molecule has 0 radical (unpaired) electrons. The predicted molar refractivity (Wildman–Crippen MR) is 130 cm³/mol. The van der Waals surface area contributed by atoms with Crippen molar-refractivity contribution in [3.8, 4) is 0 Å². The van der Waals surface area contributed by atoms with Crippen molar-refractivity contribution in [2.75, 3.05) is 0 Å². The summed E-state index contributed by atoms with van der Waals surface area (Å²) in [6.45, 7) is 0. The van der Waals surface area contributed by atoms with Crippen LogP contribution in [-0.4, -0.2) is 20.9 Å². The minimum absolute atomic E-state index is 0.259. The Morgan fingerprint density at radius 3 is 2.47 bits per heavy atom. The van der Waals surface area contributed by atoms with Gasteiger partial charge in [-0.1, -0.05) is 53.5 Å². The lowest BCUT2D eigenvalue weighted by atomic mass is 10.1. The molecular formula is C25H16Cl2N4O. The molecule has 2 N–H and O–H groups in total. The minimum atomic E-state index is -0.259. The molecule has 7 heteroatoms. The summed E-state index contributed by atoms with van der Waals surface area (Å²) in [4.78, 5) is 25.3. The Morgan fingerprint density at radius 2 is 1.66 bits per heavy atom. The second-order valence-corrected chi connectivity index (χ2v) is 7.98. The van der Waals surface area contributed by atoms with Crippen LogP contribution in [0.25, 0.3) is 33.7 Å². The number of amides is 1.